The zero-order valence-corrected chi connectivity index (χ0v) is 12.7. The summed E-state index contributed by atoms with van der Waals surface area (Å²) in [5, 5.41) is -0.252. The molecule has 1 fully saturated rings. The maximum atomic E-state index is 13.1. The Balaban J connectivity index is 2.48. The first kappa shape index (κ1) is 16.2. The van der Waals surface area contributed by atoms with Crippen molar-refractivity contribution in [1.29, 1.82) is 0 Å². The number of hydrogen-bond donors (Lipinski definition) is 1. The number of carbonyl (C=O) groups excluding carboxylic acids is 1. The molecule has 0 saturated carbocycles. The number of primary amides is 1. The summed E-state index contributed by atoms with van der Waals surface area (Å²) >= 11 is 5.80. The molecular weight excluding hydrogens is 323 g/mol. The third-order valence-corrected chi connectivity index (χ3v) is 5.58. The predicted molar refractivity (Wildman–Crippen MR) is 73.7 cm³/mol. The lowest BCUT2D eigenvalue weighted by Crippen LogP contribution is -2.58. The lowest BCUT2D eigenvalue weighted by molar-refractivity contribution is -0.130. The number of halogens is 2. The second-order valence-electron chi connectivity index (χ2n) is 4.61. The van der Waals surface area contributed by atoms with E-state index < -0.39 is 33.9 Å². The molecule has 1 saturated heterocycles. The Morgan fingerprint density at radius 3 is 2.76 bits per heavy atom. The van der Waals surface area contributed by atoms with Crippen molar-refractivity contribution in [3.63, 3.8) is 0 Å². The fourth-order valence-electron chi connectivity index (χ4n) is 2.25. The summed E-state index contributed by atoms with van der Waals surface area (Å²) in [6.45, 7) is 1.65. The number of amides is 1. The highest BCUT2D eigenvalue weighted by Gasteiger charge is 2.42. The number of sulfonamides is 1. The molecule has 6 nitrogen and oxygen atoms in total. The van der Waals surface area contributed by atoms with Crippen LogP contribution in [0.3, 0.4) is 0 Å². The van der Waals surface area contributed by atoms with E-state index >= 15 is 0 Å². The Kier molecular flexibility index (Phi) is 4.52. The number of nitrogens with zero attached hydrogens (tertiary/aromatic N) is 1. The van der Waals surface area contributed by atoms with Gasteiger partial charge in [0.25, 0.3) is 0 Å². The van der Waals surface area contributed by atoms with Gasteiger partial charge in [-0.05, 0) is 25.1 Å². The van der Waals surface area contributed by atoms with E-state index in [4.69, 9.17) is 22.1 Å². The first-order valence-corrected chi connectivity index (χ1v) is 7.95. The largest absolute Gasteiger partial charge is 0.375 e. The monoisotopic (exact) mass is 336 g/mol. The molecule has 0 aliphatic carbocycles. The van der Waals surface area contributed by atoms with Crippen LogP contribution in [0.5, 0.6) is 0 Å². The van der Waals surface area contributed by atoms with Crippen LogP contribution in [-0.2, 0) is 19.6 Å². The first-order valence-electron chi connectivity index (χ1n) is 6.13. The van der Waals surface area contributed by atoms with Gasteiger partial charge in [-0.1, -0.05) is 11.6 Å². The van der Waals surface area contributed by atoms with Crippen LogP contribution in [-0.4, -0.2) is 43.9 Å². The molecule has 1 aromatic carbocycles. The molecule has 2 atom stereocenters. The van der Waals surface area contributed by atoms with Gasteiger partial charge in [0.15, 0.2) is 0 Å². The molecule has 2 N–H and O–H groups in total. The van der Waals surface area contributed by atoms with E-state index in [9.17, 15) is 17.6 Å². The van der Waals surface area contributed by atoms with Crippen molar-refractivity contribution in [2.45, 2.75) is 24.0 Å². The topological polar surface area (TPSA) is 89.7 Å². The Morgan fingerprint density at radius 2 is 2.19 bits per heavy atom. The molecule has 0 spiro atoms. The number of rotatable bonds is 3. The van der Waals surface area contributed by atoms with Crippen molar-refractivity contribution < 1.29 is 22.3 Å². The van der Waals surface area contributed by atoms with E-state index in [0.29, 0.717) is 0 Å². The second-order valence-corrected chi connectivity index (χ2v) is 6.88. The average molecular weight is 337 g/mol. The lowest BCUT2D eigenvalue weighted by atomic mass is 10.1. The van der Waals surface area contributed by atoms with Gasteiger partial charge < -0.3 is 10.5 Å². The Morgan fingerprint density at radius 1 is 1.52 bits per heavy atom. The van der Waals surface area contributed by atoms with Crippen LogP contribution in [0.15, 0.2) is 23.1 Å². The van der Waals surface area contributed by atoms with Gasteiger partial charge in [0.05, 0.1) is 17.7 Å². The van der Waals surface area contributed by atoms with Crippen LogP contribution in [0.4, 0.5) is 4.39 Å². The smallest absolute Gasteiger partial charge is 0.245 e. The van der Waals surface area contributed by atoms with Crippen molar-refractivity contribution in [3.05, 3.63) is 29.0 Å². The molecule has 21 heavy (non-hydrogen) atoms. The summed E-state index contributed by atoms with van der Waals surface area (Å²) in [5.74, 6) is -1.47. The summed E-state index contributed by atoms with van der Waals surface area (Å²) < 4.78 is 44.5. The Bertz CT molecular complexity index is 667. The van der Waals surface area contributed by atoms with Crippen LogP contribution >= 0.6 is 11.6 Å². The zero-order chi connectivity index (χ0) is 15.8. The van der Waals surface area contributed by atoms with Crippen LogP contribution < -0.4 is 5.73 Å². The number of ether oxygens (including phenoxy) is 1. The molecule has 0 bridgehead atoms. The van der Waals surface area contributed by atoms with Gasteiger partial charge in [-0.15, -0.1) is 0 Å². The number of benzene rings is 1. The zero-order valence-electron chi connectivity index (χ0n) is 11.1. The normalized spacial score (nSPS) is 24.0. The molecule has 1 aromatic rings. The number of morpholine rings is 1. The maximum absolute atomic E-state index is 13.1. The molecule has 1 aliphatic heterocycles. The minimum atomic E-state index is -4.08. The summed E-state index contributed by atoms with van der Waals surface area (Å²) in [5.41, 5.74) is 5.27. The Hall–Kier alpha value is -1.22. The number of nitrogens with two attached hydrogens (primary N) is 1. The van der Waals surface area contributed by atoms with Gasteiger partial charge in [0.2, 0.25) is 15.9 Å². The SMILES string of the molecule is C[C@H]1OCCN(S(=O)(=O)c2ccc(F)cc2Cl)[C@@H]1C(N)=O. The van der Waals surface area contributed by atoms with Crippen molar-refractivity contribution in [1.82, 2.24) is 4.31 Å². The van der Waals surface area contributed by atoms with Gasteiger partial charge in [-0.25, -0.2) is 12.8 Å². The van der Waals surface area contributed by atoms with Crippen molar-refractivity contribution in [2.24, 2.45) is 5.73 Å². The van der Waals surface area contributed by atoms with Crippen molar-refractivity contribution >= 4 is 27.5 Å². The van der Waals surface area contributed by atoms with Crippen LogP contribution in [0, 0.1) is 5.82 Å². The van der Waals surface area contributed by atoms with Crippen molar-refractivity contribution in [3.8, 4) is 0 Å². The molecule has 1 heterocycles. The minimum absolute atomic E-state index is 0.0337. The Labute approximate surface area is 126 Å². The predicted octanol–water partition coefficient (Wildman–Crippen LogP) is 0.742. The van der Waals surface area contributed by atoms with Gasteiger partial charge >= 0.3 is 0 Å². The standard InChI is InChI=1S/C12H14ClFN2O4S/c1-7-11(12(15)17)16(4-5-20-7)21(18,19)10-3-2-8(14)6-9(10)13/h2-3,6-7,11H,4-5H2,1H3,(H2,15,17)/t7-,11+/m1/s1. The molecular formula is C12H14ClFN2O4S. The third-order valence-electron chi connectivity index (χ3n) is 3.22. The van der Waals surface area contributed by atoms with E-state index in [2.05, 4.69) is 0 Å². The molecule has 0 unspecified atom stereocenters. The van der Waals surface area contributed by atoms with E-state index in [1.807, 2.05) is 0 Å². The van der Waals surface area contributed by atoms with E-state index in [1.54, 1.807) is 6.92 Å². The van der Waals surface area contributed by atoms with Gasteiger partial charge in [-0.2, -0.15) is 4.31 Å². The fourth-order valence-corrected chi connectivity index (χ4v) is 4.39. The van der Waals surface area contributed by atoms with Crippen LogP contribution in [0.25, 0.3) is 0 Å². The second kappa shape index (κ2) is 5.88. The fraction of sp³-hybridized carbons (Fsp3) is 0.417. The average Bonchev–Trinajstić information content (AvgIpc) is 2.37. The lowest BCUT2D eigenvalue weighted by Gasteiger charge is -2.36. The molecule has 2 rings (SSSR count). The highest BCUT2D eigenvalue weighted by Crippen LogP contribution is 2.29. The maximum Gasteiger partial charge on any atom is 0.245 e. The molecule has 0 aromatic heterocycles. The minimum Gasteiger partial charge on any atom is -0.375 e. The quantitative estimate of drug-likeness (QED) is 0.881. The van der Waals surface area contributed by atoms with Crippen LogP contribution in [0.1, 0.15) is 6.92 Å². The van der Waals surface area contributed by atoms with E-state index in [-0.39, 0.29) is 23.1 Å². The van der Waals surface area contributed by atoms with Gasteiger partial charge in [-0.3, -0.25) is 4.79 Å². The van der Waals surface area contributed by atoms with E-state index in [0.717, 1.165) is 22.5 Å². The number of hydrogen-bond acceptors (Lipinski definition) is 4. The molecule has 0 radical (unpaired) electrons. The summed E-state index contributed by atoms with van der Waals surface area (Å²) in [6, 6.07) is 1.81. The van der Waals surface area contributed by atoms with Crippen LogP contribution in [0.2, 0.25) is 5.02 Å². The summed E-state index contributed by atoms with van der Waals surface area (Å²) in [4.78, 5) is 11.3. The summed E-state index contributed by atoms with van der Waals surface area (Å²) in [6.07, 6.45) is -0.676. The highest BCUT2D eigenvalue weighted by atomic mass is 35.5. The van der Waals surface area contributed by atoms with Gasteiger partial charge in [0, 0.05) is 6.54 Å². The third kappa shape index (κ3) is 3.03. The first-order chi connectivity index (χ1) is 9.75. The number of carbonyl (C=O) groups is 1. The summed E-state index contributed by atoms with van der Waals surface area (Å²) in [7, 11) is -4.08. The molecule has 1 amide bonds. The van der Waals surface area contributed by atoms with Gasteiger partial charge in [0.1, 0.15) is 16.8 Å². The molecule has 9 heteroatoms. The van der Waals surface area contributed by atoms with E-state index in [1.165, 1.54) is 0 Å². The molecule has 1 aliphatic rings. The highest BCUT2D eigenvalue weighted by molar-refractivity contribution is 7.89. The molecule has 116 valence electrons. The van der Waals surface area contributed by atoms with Crippen molar-refractivity contribution in [2.75, 3.05) is 13.2 Å².